The molecular weight excluding hydrogens is 508 g/mol. The van der Waals surface area contributed by atoms with Crippen molar-refractivity contribution in [2.24, 2.45) is 0 Å². The van der Waals surface area contributed by atoms with E-state index in [4.69, 9.17) is 11.6 Å². The molecule has 2 fully saturated rings. The highest BCUT2D eigenvalue weighted by Crippen LogP contribution is 2.33. The fourth-order valence-electron chi connectivity index (χ4n) is 4.82. The van der Waals surface area contributed by atoms with Crippen LogP contribution in [0.2, 0.25) is 5.02 Å². The Bertz CT molecular complexity index is 1360. The number of halogens is 1. The van der Waals surface area contributed by atoms with Gasteiger partial charge in [0.2, 0.25) is 11.8 Å². The highest BCUT2D eigenvalue weighted by Gasteiger charge is 2.36. The van der Waals surface area contributed by atoms with Gasteiger partial charge in [0, 0.05) is 35.2 Å². The molecule has 2 aromatic heterocycles. The smallest absolute Gasteiger partial charge is 0.250 e. The van der Waals surface area contributed by atoms with Crippen molar-refractivity contribution in [3.05, 3.63) is 59.4 Å². The Labute approximate surface area is 212 Å². The summed E-state index contributed by atoms with van der Waals surface area (Å²) in [6, 6.07) is 9.68. The molecule has 2 atom stereocenters. The molecule has 0 saturated carbocycles. The molecule has 8 nitrogen and oxygen atoms in total. The third kappa shape index (κ3) is 5.06. The van der Waals surface area contributed by atoms with E-state index in [1.54, 1.807) is 36.7 Å². The van der Waals surface area contributed by atoms with Crippen molar-refractivity contribution in [3.8, 4) is 0 Å². The van der Waals surface area contributed by atoms with Crippen LogP contribution in [0, 0.1) is 0 Å². The zero-order valence-electron chi connectivity index (χ0n) is 18.9. The number of aromatic nitrogens is 1. The van der Waals surface area contributed by atoms with Crippen molar-refractivity contribution in [2.45, 2.75) is 42.0 Å². The number of amides is 2. The predicted molar refractivity (Wildman–Crippen MR) is 135 cm³/mol. The SMILES string of the molecule is O=C1[C@@H](NS(=O)(=O)c2cc3ccc(Cl)cc3s2)CCCN1CC(=O)N1CCCC1c1ccncc1. The summed E-state index contributed by atoms with van der Waals surface area (Å²) in [7, 11) is -3.90. The van der Waals surface area contributed by atoms with Gasteiger partial charge in [-0.1, -0.05) is 17.7 Å². The Kier molecular flexibility index (Phi) is 6.80. The van der Waals surface area contributed by atoms with Crippen LogP contribution in [0.5, 0.6) is 0 Å². The molecule has 1 unspecified atom stereocenters. The van der Waals surface area contributed by atoms with Crippen LogP contribution >= 0.6 is 22.9 Å². The van der Waals surface area contributed by atoms with Crippen molar-refractivity contribution < 1.29 is 18.0 Å². The molecule has 2 saturated heterocycles. The van der Waals surface area contributed by atoms with E-state index in [-0.39, 0.29) is 28.6 Å². The number of benzene rings is 1. The number of carbonyl (C=O) groups excluding carboxylic acids is 2. The number of hydrogen-bond donors (Lipinski definition) is 1. The number of fused-ring (bicyclic) bond motifs is 1. The van der Waals surface area contributed by atoms with Crippen LogP contribution in [0.25, 0.3) is 10.1 Å². The molecule has 1 aromatic carbocycles. The van der Waals surface area contributed by atoms with Gasteiger partial charge in [0.05, 0.1) is 12.6 Å². The van der Waals surface area contributed by atoms with E-state index in [2.05, 4.69) is 9.71 Å². The average Bonchev–Trinajstić information content (AvgIpc) is 3.50. The normalized spacial score (nSPS) is 21.1. The van der Waals surface area contributed by atoms with E-state index in [1.165, 1.54) is 4.90 Å². The molecule has 2 aliphatic rings. The standard InChI is InChI=1S/C24H25ClN4O4S2/c25-18-6-5-17-13-23(34-21(17)14-18)35(32,33)27-19-3-1-11-28(24(19)31)15-22(30)29-12-2-4-20(29)16-7-9-26-10-8-16/h5-10,13-14,19-20,27H,1-4,11-12,15H2/t19-,20?/m0/s1. The molecule has 4 heterocycles. The van der Waals surface area contributed by atoms with Crippen LogP contribution in [0.1, 0.15) is 37.3 Å². The lowest BCUT2D eigenvalue weighted by Crippen LogP contribution is -2.54. The first kappa shape index (κ1) is 24.2. The van der Waals surface area contributed by atoms with Crippen molar-refractivity contribution in [2.75, 3.05) is 19.6 Å². The van der Waals surface area contributed by atoms with Gasteiger partial charge < -0.3 is 9.80 Å². The van der Waals surface area contributed by atoms with Gasteiger partial charge in [0.25, 0.3) is 10.0 Å². The van der Waals surface area contributed by atoms with Gasteiger partial charge in [-0.15, -0.1) is 11.3 Å². The second kappa shape index (κ2) is 9.85. The molecular formula is C24H25ClN4O4S2. The van der Waals surface area contributed by atoms with Gasteiger partial charge in [-0.05, 0) is 67.0 Å². The number of thiophene rings is 1. The molecule has 2 amide bonds. The maximum absolute atomic E-state index is 13.2. The molecule has 5 rings (SSSR count). The molecule has 184 valence electrons. The van der Waals surface area contributed by atoms with Gasteiger partial charge in [0.1, 0.15) is 10.3 Å². The van der Waals surface area contributed by atoms with Gasteiger partial charge in [-0.3, -0.25) is 14.6 Å². The largest absolute Gasteiger partial charge is 0.334 e. The number of piperidine rings is 1. The lowest BCUT2D eigenvalue weighted by Gasteiger charge is -2.34. The van der Waals surface area contributed by atoms with Crippen molar-refractivity contribution in [1.82, 2.24) is 19.5 Å². The molecule has 0 bridgehead atoms. The van der Waals surface area contributed by atoms with E-state index >= 15 is 0 Å². The number of sulfonamides is 1. The summed E-state index contributed by atoms with van der Waals surface area (Å²) < 4.78 is 29.6. The third-order valence-electron chi connectivity index (χ3n) is 6.54. The first-order chi connectivity index (χ1) is 16.8. The zero-order chi connectivity index (χ0) is 24.6. The summed E-state index contributed by atoms with van der Waals surface area (Å²) in [5.41, 5.74) is 1.03. The first-order valence-electron chi connectivity index (χ1n) is 11.5. The van der Waals surface area contributed by atoms with Crippen LogP contribution in [0.4, 0.5) is 0 Å². The van der Waals surface area contributed by atoms with Crippen LogP contribution in [-0.4, -0.2) is 60.7 Å². The number of pyridine rings is 1. The quantitative estimate of drug-likeness (QED) is 0.523. The van der Waals surface area contributed by atoms with E-state index < -0.39 is 16.1 Å². The van der Waals surface area contributed by atoms with E-state index in [0.29, 0.717) is 31.0 Å². The summed E-state index contributed by atoms with van der Waals surface area (Å²) in [5.74, 6) is -0.487. The summed E-state index contributed by atoms with van der Waals surface area (Å²) in [5, 5.41) is 1.31. The maximum atomic E-state index is 13.2. The molecule has 0 radical (unpaired) electrons. The number of nitrogens with one attached hydrogen (secondary N) is 1. The Morgan fingerprint density at radius 3 is 2.69 bits per heavy atom. The fourth-order valence-corrected chi connectivity index (χ4v) is 7.73. The average molecular weight is 533 g/mol. The molecule has 1 N–H and O–H groups in total. The number of rotatable bonds is 6. The van der Waals surface area contributed by atoms with E-state index in [1.807, 2.05) is 17.0 Å². The van der Waals surface area contributed by atoms with E-state index in [9.17, 15) is 18.0 Å². The monoisotopic (exact) mass is 532 g/mol. The lowest BCUT2D eigenvalue weighted by molar-refractivity contribution is -0.143. The topological polar surface area (TPSA) is 99.7 Å². The summed E-state index contributed by atoms with van der Waals surface area (Å²) >= 11 is 7.13. The highest BCUT2D eigenvalue weighted by molar-refractivity contribution is 7.91. The lowest BCUT2D eigenvalue weighted by atomic mass is 10.0. The minimum atomic E-state index is -3.90. The van der Waals surface area contributed by atoms with Crippen LogP contribution < -0.4 is 4.72 Å². The Morgan fingerprint density at radius 2 is 1.89 bits per heavy atom. The van der Waals surface area contributed by atoms with Gasteiger partial charge in [-0.2, -0.15) is 4.72 Å². The molecule has 0 spiro atoms. The van der Waals surface area contributed by atoms with Crippen molar-refractivity contribution in [1.29, 1.82) is 0 Å². The van der Waals surface area contributed by atoms with Gasteiger partial charge in [-0.25, -0.2) is 8.42 Å². The van der Waals surface area contributed by atoms with Crippen LogP contribution in [-0.2, 0) is 19.6 Å². The first-order valence-corrected chi connectivity index (χ1v) is 14.2. The number of nitrogens with zero attached hydrogens (tertiary/aromatic N) is 3. The predicted octanol–water partition coefficient (Wildman–Crippen LogP) is 3.58. The number of hydrogen-bond acceptors (Lipinski definition) is 6. The zero-order valence-corrected chi connectivity index (χ0v) is 21.3. The molecule has 35 heavy (non-hydrogen) atoms. The van der Waals surface area contributed by atoms with E-state index in [0.717, 1.165) is 39.8 Å². The molecule has 0 aliphatic carbocycles. The second-order valence-electron chi connectivity index (χ2n) is 8.85. The Hall–Kier alpha value is -2.53. The number of carbonyl (C=O) groups is 2. The molecule has 11 heteroatoms. The summed E-state index contributed by atoms with van der Waals surface area (Å²) in [4.78, 5) is 33.7. The van der Waals surface area contributed by atoms with Crippen molar-refractivity contribution >= 4 is 54.9 Å². The summed E-state index contributed by atoms with van der Waals surface area (Å²) in [6.07, 6.45) is 6.20. The van der Waals surface area contributed by atoms with Gasteiger partial charge >= 0.3 is 0 Å². The summed E-state index contributed by atoms with van der Waals surface area (Å²) in [6.45, 7) is 1.01. The van der Waals surface area contributed by atoms with Gasteiger partial charge in [0.15, 0.2) is 0 Å². The molecule has 3 aromatic rings. The fraction of sp³-hybridized carbons (Fsp3) is 0.375. The van der Waals surface area contributed by atoms with Crippen LogP contribution in [0.15, 0.2) is 53.0 Å². The van der Waals surface area contributed by atoms with Crippen LogP contribution in [0.3, 0.4) is 0 Å². The minimum Gasteiger partial charge on any atom is -0.334 e. The molecule has 2 aliphatic heterocycles. The minimum absolute atomic E-state index is 0.0267. The van der Waals surface area contributed by atoms with Crippen molar-refractivity contribution in [3.63, 3.8) is 0 Å². The number of likely N-dealkylation sites (tertiary alicyclic amines) is 2. The third-order valence-corrected chi connectivity index (χ3v) is 9.82. The Balaban J connectivity index is 1.27. The maximum Gasteiger partial charge on any atom is 0.250 e. The second-order valence-corrected chi connectivity index (χ2v) is 12.3. The Morgan fingerprint density at radius 1 is 1.11 bits per heavy atom. The highest BCUT2D eigenvalue weighted by atomic mass is 35.5.